The van der Waals surface area contributed by atoms with E-state index in [0.29, 0.717) is 18.0 Å². The SMILES string of the molecule is Cc1cc2c(cnn2-c2ccc(F)cc2)cc1C12CN(S(=O)(=O)c3cnn(C)n3)CC1C2c1nc2ccccc2o1. The van der Waals surface area contributed by atoms with E-state index >= 15 is 0 Å². The molecule has 0 N–H and O–H groups in total. The summed E-state index contributed by atoms with van der Waals surface area (Å²) in [5.74, 6) is 0.182. The van der Waals surface area contributed by atoms with Crippen molar-refractivity contribution in [1.29, 1.82) is 0 Å². The number of benzene rings is 3. The van der Waals surface area contributed by atoms with Gasteiger partial charge in [0.1, 0.15) is 11.3 Å². The van der Waals surface area contributed by atoms with Gasteiger partial charge in [-0.1, -0.05) is 12.1 Å². The highest BCUT2D eigenvalue weighted by molar-refractivity contribution is 7.89. The van der Waals surface area contributed by atoms with Crippen LogP contribution in [0, 0.1) is 18.7 Å². The molecule has 3 atom stereocenters. The van der Waals surface area contributed by atoms with Crippen molar-refractivity contribution in [3.8, 4) is 5.69 Å². The van der Waals surface area contributed by atoms with Gasteiger partial charge in [0.05, 0.1) is 29.5 Å². The van der Waals surface area contributed by atoms with Crippen LogP contribution in [0.4, 0.5) is 4.39 Å². The van der Waals surface area contributed by atoms with E-state index in [0.717, 1.165) is 33.2 Å². The number of aryl methyl sites for hydroxylation is 2. The first-order valence-corrected chi connectivity index (χ1v) is 14.7. The van der Waals surface area contributed by atoms with E-state index in [9.17, 15) is 12.8 Å². The van der Waals surface area contributed by atoms with Crippen LogP contribution in [0.2, 0.25) is 0 Å². The third-order valence-corrected chi connectivity index (χ3v) is 10.3. The lowest BCUT2D eigenvalue weighted by atomic mass is 9.88. The Balaban J connectivity index is 1.25. The van der Waals surface area contributed by atoms with Crippen molar-refractivity contribution in [1.82, 2.24) is 34.1 Å². The summed E-state index contributed by atoms with van der Waals surface area (Å²) in [4.78, 5) is 6.06. The van der Waals surface area contributed by atoms with Crippen molar-refractivity contribution in [2.45, 2.75) is 23.3 Å². The molecule has 2 fully saturated rings. The molecule has 0 radical (unpaired) electrons. The van der Waals surface area contributed by atoms with E-state index in [1.54, 1.807) is 30.1 Å². The fourth-order valence-electron chi connectivity index (χ4n) is 6.67. The highest BCUT2D eigenvalue weighted by atomic mass is 32.2. The van der Waals surface area contributed by atoms with Crippen molar-refractivity contribution >= 4 is 32.0 Å². The summed E-state index contributed by atoms with van der Waals surface area (Å²) in [5, 5.41) is 13.5. The molecule has 0 spiro atoms. The van der Waals surface area contributed by atoms with Crippen LogP contribution in [0.15, 0.2) is 82.5 Å². The molecule has 206 valence electrons. The monoisotopic (exact) mass is 569 g/mol. The van der Waals surface area contributed by atoms with Crippen molar-refractivity contribution < 1.29 is 17.2 Å². The molecule has 3 aromatic carbocycles. The van der Waals surface area contributed by atoms with Gasteiger partial charge >= 0.3 is 0 Å². The summed E-state index contributed by atoms with van der Waals surface area (Å²) >= 11 is 0. The van der Waals surface area contributed by atoms with Crippen LogP contribution in [0.5, 0.6) is 0 Å². The number of aromatic nitrogens is 6. The summed E-state index contributed by atoms with van der Waals surface area (Å²) in [7, 11) is -2.25. The number of sulfonamides is 1. The van der Waals surface area contributed by atoms with Gasteiger partial charge in [-0.05, 0) is 72.5 Å². The van der Waals surface area contributed by atoms with Crippen LogP contribution in [0.25, 0.3) is 27.7 Å². The minimum atomic E-state index is -3.85. The topological polar surface area (TPSA) is 112 Å². The molecule has 12 heteroatoms. The molecule has 1 saturated carbocycles. The molecule has 3 aromatic heterocycles. The largest absolute Gasteiger partial charge is 0.440 e. The van der Waals surface area contributed by atoms with Crippen LogP contribution >= 0.6 is 0 Å². The maximum atomic E-state index is 13.6. The number of nitrogens with zero attached hydrogens (tertiary/aromatic N) is 7. The zero-order valence-corrected chi connectivity index (χ0v) is 23.0. The Kier molecular flexibility index (Phi) is 4.94. The minimum absolute atomic E-state index is 0.0368. The first-order valence-electron chi connectivity index (χ1n) is 13.2. The van der Waals surface area contributed by atoms with Gasteiger partial charge < -0.3 is 4.42 Å². The average Bonchev–Trinajstić information content (AvgIpc) is 3.55. The predicted octanol–water partition coefficient (Wildman–Crippen LogP) is 4.10. The summed E-state index contributed by atoms with van der Waals surface area (Å²) in [5.41, 5.74) is 4.63. The standard InChI is InChI=1S/C29H24FN7O3S/c1-17-11-24-18(13-32-37(24)20-9-7-19(30)8-10-20)12-21(17)29-16-36(41(38,39)26-14-31-35(2)34-26)15-22(29)27(29)28-33-23-5-3-4-6-25(23)40-28/h3-14,22,27H,15-16H2,1-2H3. The van der Waals surface area contributed by atoms with E-state index in [4.69, 9.17) is 9.40 Å². The van der Waals surface area contributed by atoms with Crippen molar-refractivity contribution in [3.63, 3.8) is 0 Å². The second-order valence-corrected chi connectivity index (χ2v) is 12.8. The Labute approximate surface area is 234 Å². The molecular formula is C29H24FN7O3S. The maximum Gasteiger partial charge on any atom is 0.264 e. The number of oxazole rings is 1. The fraction of sp³-hybridized carbons (Fsp3) is 0.241. The number of para-hydroxylation sites is 2. The molecule has 1 saturated heterocycles. The smallest absolute Gasteiger partial charge is 0.264 e. The maximum absolute atomic E-state index is 13.6. The number of hydrogen-bond donors (Lipinski definition) is 0. The highest BCUT2D eigenvalue weighted by Gasteiger charge is 2.73. The quantitative estimate of drug-likeness (QED) is 0.307. The first-order chi connectivity index (χ1) is 19.8. The number of piperidine rings is 1. The molecule has 41 heavy (non-hydrogen) atoms. The van der Waals surface area contributed by atoms with Crippen LogP contribution in [-0.2, 0) is 22.5 Å². The number of halogens is 1. The van der Waals surface area contributed by atoms with E-state index in [1.165, 1.54) is 27.4 Å². The van der Waals surface area contributed by atoms with Gasteiger partial charge in [-0.2, -0.15) is 19.3 Å². The fourth-order valence-corrected chi connectivity index (χ4v) is 8.08. The van der Waals surface area contributed by atoms with Gasteiger partial charge in [-0.25, -0.2) is 22.5 Å². The van der Waals surface area contributed by atoms with Crippen molar-refractivity contribution in [2.75, 3.05) is 13.1 Å². The molecular weight excluding hydrogens is 545 g/mol. The Bertz CT molecular complexity index is 2070. The van der Waals surface area contributed by atoms with Gasteiger partial charge in [-0.3, -0.25) is 0 Å². The normalized spacial score (nSPS) is 22.5. The predicted molar refractivity (Wildman–Crippen MR) is 147 cm³/mol. The molecule has 1 aliphatic heterocycles. The summed E-state index contributed by atoms with van der Waals surface area (Å²) < 4.78 is 50.2. The lowest BCUT2D eigenvalue weighted by Gasteiger charge is -2.23. The van der Waals surface area contributed by atoms with Crippen LogP contribution in [0.3, 0.4) is 0 Å². The third-order valence-electron chi connectivity index (χ3n) is 8.59. The third kappa shape index (κ3) is 3.47. The summed E-state index contributed by atoms with van der Waals surface area (Å²) in [6.07, 6.45) is 3.07. The highest BCUT2D eigenvalue weighted by Crippen LogP contribution is 2.70. The molecule has 10 nitrogen and oxygen atoms in total. The van der Waals surface area contributed by atoms with Gasteiger partial charge in [0.25, 0.3) is 10.0 Å². The van der Waals surface area contributed by atoms with Crippen LogP contribution in [-0.4, -0.2) is 55.6 Å². The Morgan fingerprint density at radius 1 is 1.05 bits per heavy atom. The van der Waals surface area contributed by atoms with Crippen molar-refractivity contribution in [2.24, 2.45) is 13.0 Å². The van der Waals surface area contributed by atoms with Crippen LogP contribution < -0.4 is 0 Å². The molecule has 8 rings (SSSR count). The second-order valence-electron chi connectivity index (χ2n) is 10.9. The lowest BCUT2D eigenvalue weighted by Crippen LogP contribution is -2.35. The van der Waals surface area contributed by atoms with E-state index in [2.05, 4.69) is 27.4 Å². The van der Waals surface area contributed by atoms with Crippen LogP contribution in [0.1, 0.15) is 22.9 Å². The Morgan fingerprint density at radius 2 is 1.85 bits per heavy atom. The van der Waals surface area contributed by atoms with E-state index in [-0.39, 0.29) is 29.2 Å². The summed E-state index contributed by atoms with van der Waals surface area (Å²) in [6, 6.07) is 18.0. The molecule has 3 unspecified atom stereocenters. The zero-order chi connectivity index (χ0) is 28.1. The molecule has 6 aromatic rings. The lowest BCUT2D eigenvalue weighted by molar-refractivity contribution is 0.397. The van der Waals surface area contributed by atoms with E-state index < -0.39 is 15.4 Å². The Morgan fingerprint density at radius 3 is 2.61 bits per heavy atom. The molecule has 1 aliphatic carbocycles. The second kappa shape index (κ2) is 8.30. The van der Waals surface area contributed by atoms with Gasteiger partial charge in [0.2, 0.25) is 5.03 Å². The zero-order valence-electron chi connectivity index (χ0n) is 22.1. The molecule has 0 bridgehead atoms. The molecule has 4 heterocycles. The first kappa shape index (κ1) is 24.4. The number of fused-ring (bicyclic) bond motifs is 3. The number of hydrogen-bond acceptors (Lipinski definition) is 7. The minimum Gasteiger partial charge on any atom is -0.440 e. The Hall–Kier alpha value is -4.42. The molecule has 0 amide bonds. The summed E-state index contributed by atoms with van der Waals surface area (Å²) in [6.45, 7) is 2.61. The molecule has 2 aliphatic rings. The average molecular weight is 570 g/mol. The van der Waals surface area contributed by atoms with Gasteiger partial charge in [0, 0.05) is 30.9 Å². The van der Waals surface area contributed by atoms with E-state index in [1.807, 2.05) is 31.2 Å². The number of rotatable bonds is 5. The van der Waals surface area contributed by atoms with Gasteiger partial charge in [-0.15, -0.1) is 5.10 Å². The van der Waals surface area contributed by atoms with Gasteiger partial charge in [0.15, 0.2) is 11.5 Å². The van der Waals surface area contributed by atoms with Crippen molar-refractivity contribution in [3.05, 3.63) is 95.9 Å².